The molecule has 1 aromatic heterocycles. The molecule has 21 heavy (non-hydrogen) atoms. The van der Waals surface area contributed by atoms with Gasteiger partial charge in [0.25, 0.3) is 5.91 Å². The molecule has 7 nitrogen and oxygen atoms in total. The third kappa shape index (κ3) is 4.08. The number of nitrogens with one attached hydrogen (secondary N) is 1. The number of carbonyl (C=O) groups is 1. The van der Waals surface area contributed by atoms with Crippen molar-refractivity contribution in [1.29, 1.82) is 0 Å². The summed E-state index contributed by atoms with van der Waals surface area (Å²) in [5.74, 6) is 1.14. The Labute approximate surface area is 121 Å². The van der Waals surface area contributed by atoms with Gasteiger partial charge < -0.3 is 26.3 Å². The summed E-state index contributed by atoms with van der Waals surface area (Å²) in [6.45, 7) is -0.0404. The number of ether oxygens (including phenoxy) is 2. The van der Waals surface area contributed by atoms with E-state index in [-0.39, 0.29) is 12.5 Å². The summed E-state index contributed by atoms with van der Waals surface area (Å²) in [5, 5.41) is 2.59. The molecule has 0 aliphatic heterocycles. The van der Waals surface area contributed by atoms with Crippen molar-refractivity contribution in [1.82, 2.24) is 4.98 Å². The lowest BCUT2D eigenvalue weighted by molar-refractivity contribution is -0.119. The van der Waals surface area contributed by atoms with Gasteiger partial charge in [0.1, 0.15) is 23.9 Å². The number of carbonyl (C=O) groups excluding carboxylic acids is 1. The number of nitrogens with zero attached hydrogens (tertiary/aromatic N) is 1. The predicted octanol–water partition coefficient (Wildman–Crippen LogP) is 1.62. The van der Waals surface area contributed by atoms with Crippen molar-refractivity contribution in [2.75, 3.05) is 30.5 Å². The molecule has 110 valence electrons. The SMILES string of the molecule is COCC(=O)Nc1cc(Oc2ccc(N)c(N)c2)ccn1. The van der Waals surface area contributed by atoms with Gasteiger partial charge in [-0.1, -0.05) is 0 Å². The van der Waals surface area contributed by atoms with Crippen molar-refractivity contribution in [2.45, 2.75) is 0 Å². The molecule has 0 aliphatic carbocycles. The zero-order chi connectivity index (χ0) is 15.2. The van der Waals surface area contributed by atoms with E-state index in [2.05, 4.69) is 10.3 Å². The number of pyridine rings is 1. The number of hydrogen-bond acceptors (Lipinski definition) is 6. The minimum Gasteiger partial charge on any atom is -0.457 e. The van der Waals surface area contributed by atoms with Crippen LogP contribution in [0.4, 0.5) is 17.2 Å². The van der Waals surface area contributed by atoms with Crippen LogP contribution in [0.2, 0.25) is 0 Å². The van der Waals surface area contributed by atoms with Gasteiger partial charge in [0.15, 0.2) is 0 Å². The monoisotopic (exact) mass is 288 g/mol. The molecule has 1 amide bonds. The first kappa shape index (κ1) is 14.6. The third-order valence-corrected chi connectivity index (χ3v) is 2.57. The van der Waals surface area contributed by atoms with Crippen molar-refractivity contribution < 1.29 is 14.3 Å². The van der Waals surface area contributed by atoms with Crippen LogP contribution in [0.15, 0.2) is 36.5 Å². The van der Waals surface area contributed by atoms with Crippen molar-refractivity contribution in [2.24, 2.45) is 0 Å². The molecular weight excluding hydrogens is 272 g/mol. The topological polar surface area (TPSA) is 112 Å². The van der Waals surface area contributed by atoms with Crippen LogP contribution < -0.4 is 21.5 Å². The number of anilines is 3. The Morgan fingerprint density at radius 2 is 1.95 bits per heavy atom. The number of nitrogens with two attached hydrogens (primary N) is 2. The maximum absolute atomic E-state index is 11.4. The smallest absolute Gasteiger partial charge is 0.251 e. The Kier molecular flexibility index (Phi) is 4.57. The van der Waals surface area contributed by atoms with Crippen LogP contribution in [0, 0.1) is 0 Å². The molecule has 1 aromatic carbocycles. The minimum atomic E-state index is -0.293. The second kappa shape index (κ2) is 6.58. The van der Waals surface area contributed by atoms with Crippen LogP contribution in [0.5, 0.6) is 11.5 Å². The van der Waals surface area contributed by atoms with E-state index in [0.717, 1.165) is 0 Å². The number of hydrogen-bond donors (Lipinski definition) is 3. The van der Waals surface area contributed by atoms with Gasteiger partial charge in [-0.25, -0.2) is 4.98 Å². The van der Waals surface area contributed by atoms with E-state index >= 15 is 0 Å². The molecule has 0 spiro atoms. The van der Waals surface area contributed by atoms with Gasteiger partial charge >= 0.3 is 0 Å². The quantitative estimate of drug-likeness (QED) is 0.721. The molecule has 0 unspecified atom stereocenters. The molecule has 0 saturated heterocycles. The molecule has 0 saturated carbocycles. The molecule has 7 heteroatoms. The highest BCUT2D eigenvalue weighted by Gasteiger charge is 2.05. The van der Waals surface area contributed by atoms with Crippen LogP contribution in [-0.4, -0.2) is 24.6 Å². The maximum atomic E-state index is 11.4. The van der Waals surface area contributed by atoms with E-state index in [1.807, 2.05) is 0 Å². The van der Waals surface area contributed by atoms with Crippen LogP contribution in [0.25, 0.3) is 0 Å². The molecule has 0 radical (unpaired) electrons. The number of methoxy groups -OCH3 is 1. The first-order valence-electron chi connectivity index (χ1n) is 6.16. The predicted molar refractivity (Wildman–Crippen MR) is 80.1 cm³/mol. The van der Waals surface area contributed by atoms with Crippen molar-refractivity contribution in [3.05, 3.63) is 36.5 Å². The molecular formula is C14H16N4O3. The Hall–Kier alpha value is -2.80. The van der Waals surface area contributed by atoms with Gasteiger partial charge in [-0.2, -0.15) is 0 Å². The fourth-order valence-electron chi connectivity index (χ4n) is 1.61. The normalized spacial score (nSPS) is 10.1. The summed E-state index contributed by atoms with van der Waals surface area (Å²) in [7, 11) is 1.44. The highest BCUT2D eigenvalue weighted by Crippen LogP contribution is 2.27. The van der Waals surface area contributed by atoms with E-state index in [0.29, 0.717) is 28.7 Å². The average Bonchev–Trinajstić information content (AvgIpc) is 2.43. The summed E-state index contributed by atoms with van der Waals surface area (Å²) in [6.07, 6.45) is 1.53. The number of rotatable bonds is 5. The second-order valence-electron chi connectivity index (χ2n) is 4.25. The Morgan fingerprint density at radius 3 is 2.67 bits per heavy atom. The van der Waals surface area contributed by atoms with Gasteiger partial charge in [-0.3, -0.25) is 4.79 Å². The Balaban J connectivity index is 2.10. The van der Waals surface area contributed by atoms with Crippen LogP contribution in [-0.2, 0) is 9.53 Å². The van der Waals surface area contributed by atoms with Crippen LogP contribution in [0.3, 0.4) is 0 Å². The molecule has 5 N–H and O–H groups in total. The van der Waals surface area contributed by atoms with Crippen LogP contribution in [0.1, 0.15) is 0 Å². The zero-order valence-electron chi connectivity index (χ0n) is 11.5. The molecule has 0 aliphatic rings. The lowest BCUT2D eigenvalue weighted by Crippen LogP contribution is -2.17. The summed E-state index contributed by atoms with van der Waals surface area (Å²) < 4.78 is 10.4. The number of amides is 1. The minimum absolute atomic E-state index is 0.0404. The summed E-state index contributed by atoms with van der Waals surface area (Å²) >= 11 is 0. The highest BCUT2D eigenvalue weighted by molar-refractivity contribution is 5.90. The Bertz CT molecular complexity index is 646. The standard InChI is InChI=1S/C14H16N4O3/c1-20-8-14(19)18-13-7-10(4-5-17-13)21-9-2-3-11(15)12(16)6-9/h2-7H,8,15-16H2,1H3,(H,17,18,19). The molecule has 2 rings (SSSR count). The van der Waals surface area contributed by atoms with E-state index in [9.17, 15) is 4.79 Å². The largest absolute Gasteiger partial charge is 0.457 e. The maximum Gasteiger partial charge on any atom is 0.251 e. The summed E-state index contributed by atoms with van der Waals surface area (Å²) in [4.78, 5) is 15.4. The second-order valence-corrected chi connectivity index (χ2v) is 4.25. The summed E-state index contributed by atoms with van der Waals surface area (Å²) in [5.41, 5.74) is 12.3. The molecule has 0 atom stereocenters. The lowest BCUT2D eigenvalue weighted by atomic mass is 10.2. The zero-order valence-corrected chi connectivity index (χ0v) is 11.5. The van der Waals surface area contributed by atoms with E-state index in [1.54, 1.807) is 30.3 Å². The van der Waals surface area contributed by atoms with Gasteiger partial charge in [0.05, 0.1) is 11.4 Å². The fraction of sp³-hybridized carbons (Fsp3) is 0.143. The van der Waals surface area contributed by atoms with Crippen molar-refractivity contribution in [3.63, 3.8) is 0 Å². The van der Waals surface area contributed by atoms with Gasteiger partial charge in [-0.05, 0) is 18.2 Å². The molecule has 0 fully saturated rings. The fourth-order valence-corrected chi connectivity index (χ4v) is 1.61. The van der Waals surface area contributed by atoms with E-state index in [1.165, 1.54) is 13.3 Å². The lowest BCUT2D eigenvalue weighted by Gasteiger charge is -2.09. The third-order valence-electron chi connectivity index (χ3n) is 2.57. The highest BCUT2D eigenvalue weighted by atomic mass is 16.5. The molecule has 2 aromatic rings. The van der Waals surface area contributed by atoms with Gasteiger partial charge in [0, 0.05) is 25.4 Å². The molecule has 1 heterocycles. The van der Waals surface area contributed by atoms with Crippen molar-refractivity contribution >= 4 is 23.1 Å². The molecule has 0 bridgehead atoms. The van der Waals surface area contributed by atoms with E-state index in [4.69, 9.17) is 20.9 Å². The first-order chi connectivity index (χ1) is 10.1. The van der Waals surface area contributed by atoms with Crippen molar-refractivity contribution in [3.8, 4) is 11.5 Å². The van der Waals surface area contributed by atoms with E-state index < -0.39 is 0 Å². The number of benzene rings is 1. The number of aromatic nitrogens is 1. The summed E-state index contributed by atoms with van der Waals surface area (Å²) in [6, 6.07) is 8.25. The Morgan fingerprint density at radius 1 is 1.19 bits per heavy atom. The average molecular weight is 288 g/mol. The number of nitrogen functional groups attached to an aromatic ring is 2. The van der Waals surface area contributed by atoms with Gasteiger partial charge in [-0.15, -0.1) is 0 Å². The first-order valence-corrected chi connectivity index (χ1v) is 6.16. The van der Waals surface area contributed by atoms with Gasteiger partial charge in [0.2, 0.25) is 0 Å². The van der Waals surface area contributed by atoms with Crippen LogP contribution >= 0.6 is 0 Å².